The zero-order valence-corrected chi connectivity index (χ0v) is 17.9. The van der Waals surface area contributed by atoms with Gasteiger partial charge in [-0.25, -0.2) is 4.68 Å². The Balaban J connectivity index is 1.26. The van der Waals surface area contributed by atoms with Crippen LogP contribution >= 0.6 is 0 Å². The Bertz CT molecular complexity index is 1000. The van der Waals surface area contributed by atoms with E-state index in [-0.39, 0.29) is 5.91 Å². The van der Waals surface area contributed by atoms with Crippen LogP contribution in [0.15, 0.2) is 73.1 Å². The molecule has 0 atom stereocenters. The summed E-state index contributed by atoms with van der Waals surface area (Å²) < 4.78 is 7.31. The van der Waals surface area contributed by atoms with Crippen molar-refractivity contribution < 1.29 is 9.53 Å². The maximum atomic E-state index is 12.6. The molecule has 160 valence electrons. The van der Waals surface area contributed by atoms with Crippen LogP contribution in [-0.4, -0.2) is 58.3 Å². The average molecular weight is 417 g/mol. The van der Waals surface area contributed by atoms with Crippen molar-refractivity contribution in [3.8, 4) is 11.4 Å². The summed E-state index contributed by atoms with van der Waals surface area (Å²) in [6.07, 6.45) is 7.18. The highest BCUT2D eigenvalue weighted by atomic mass is 16.5. The van der Waals surface area contributed by atoms with Gasteiger partial charge in [0.05, 0.1) is 18.5 Å². The third-order valence-electron chi connectivity index (χ3n) is 5.37. The minimum atomic E-state index is 0.0492. The predicted molar refractivity (Wildman–Crippen MR) is 122 cm³/mol. The van der Waals surface area contributed by atoms with Gasteiger partial charge in [-0.1, -0.05) is 30.3 Å². The molecular formula is C25H28N4O2. The van der Waals surface area contributed by atoms with Gasteiger partial charge in [-0.2, -0.15) is 5.10 Å². The molecule has 0 aliphatic carbocycles. The van der Waals surface area contributed by atoms with Crippen LogP contribution in [0.3, 0.4) is 0 Å². The van der Waals surface area contributed by atoms with Gasteiger partial charge in [0, 0.05) is 50.6 Å². The van der Waals surface area contributed by atoms with Gasteiger partial charge < -0.3 is 9.64 Å². The molecule has 6 heteroatoms. The molecule has 4 rings (SSSR count). The first-order valence-electron chi connectivity index (χ1n) is 10.7. The number of para-hydroxylation sites is 1. The molecule has 0 bridgehead atoms. The zero-order chi connectivity index (χ0) is 21.5. The summed E-state index contributed by atoms with van der Waals surface area (Å²) in [7, 11) is 0. The number of benzene rings is 2. The van der Waals surface area contributed by atoms with Crippen LogP contribution in [-0.2, 0) is 11.3 Å². The molecule has 31 heavy (non-hydrogen) atoms. The number of carbonyl (C=O) groups excluding carboxylic acids is 1. The summed E-state index contributed by atoms with van der Waals surface area (Å²) in [5.41, 5.74) is 3.17. The first kappa shape index (κ1) is 20.9. The van der Waals surface area contributed by atoms with Gasteiger partial charge in [0.25, 0.3) is 0 Å². The number of ether oxygens (including phenoxy) is 1. The van der Waals surface area contributed by atoms with Crippen LogP contribution in [0, 0.1) is 0 Å². The fourth-order valence-electron chi connectivity index (χ4n) is 3.66. The van der Waals surface area contributed by atoms with Crippen molar-refractivity contribution in [3.05, 3.63) is 84.2 Å². The van der Waals surface area contributed by atoms with Crippen molar-refractivity contribution in [3.63, 3.8) is 0 Å². The number of amides is 1. The maximum Gasteiger partial charge on any atom is 0.246 e. The number of nitrogens with zero attached hydrogens (tertiary/aromatic N) is 4. The van der Waals surface area contributed by atoms with Crippen molar-refractivity contribution in [1.29, 1.82) is 0 Å². The monoisotopic (exact) mass is 416 g/mol. The van der Waals surface area contributed by atoms with Crippen LogP contribution < -0.4 is 4.74 Å². The van der Waals surface area contributed by atoms with Crippen molar-refractivity contribution >= 4 is 12.0 Å². The van der Waals surface area contributed by atoms with Crippen molar-refractivity contribution in [2.45, 2.75) is 13.5 Å². The molecule has 0 radical (unpaired) electrons. The Kier molecular flexibility index (Phi) is 6.79. The molecule has 2 aromatic carbocycles. The number of hydrogen-bond acceptors (Lipinski definition) is 4. The van der Waals surface area contributed by atoms with E-state index in [9.17, 15) is 4.79 Å². The van der Waals surface area contributed by atoms with Gasteiger partial charge in [0.2, 0.25) is 5.91 Å². The van der Waals surface area contributed by atoms with Crippen LogP contribution in [0.5, 0.6) is 5.75 Å². The smallest absolute Gasteiger partial charge is 0.246 e. The van der Waals surface area contributed by atoms with E-state index in [1.165, 1.54) is 5.56 Å². The first-order chi connectivity index (χ1) is 15.2. The van der Waals surface area contributed by atoms with Crippen molar-refractivity contribution in [1.82, 2.24) is 19.6 Å². The van der Waals surface area contributed by atoms with E-state index >= 15 is 0 Å². The van der Waals surface area contributed by atoms with E-state index in [0.29, 0.717) is 6.61 Å². The quantitative estimate of drug-likeness (QED) is 0.552. The van der Waals surface area contributed by atoms with Gasteiger partial charge in [0.1, 0.15) is 5.75 Å². The molecule has 0 N–H and O–H groups in total. The van der Waals surface area contributed by atoms with Crippen LogP contribution in [0.25, 0.3) is 11.8 Å². The molecule has 1 aromatic heterocycles. The summed E-state index contributed by atoms with van der Waals surface area (Å²) in [5, 5.41) is 4.37. The van der Waals surface area contributed by atoms with Gasteiger partial charge in [-0.15, -0.1) is 0 Å². The normalized spacial score (nSPS) is 14.8. The molecule has 1 fully saturated rings. The number of hydrogen-bond donors (Lipinski definition) is 0. The van der Waals surface area contributed by atoms with E-state index in [4.69, 9.17) is 4.74 Å². The lowest BCUT2D eigenvalue weighted by Gasteiger charge is -2.34. The fraction of sp³-hybridized carbons (Fsp3) is 0.280. The fourth-order valence-corrected chi connectivity index (χ4v) is 3.66. The van der Waals surface area contributed by atoms with E-state index in [0.717, 1.165) is 49.7 Å². The van der Waals surface area contributed by atoms with Crippen LogP contribution in [0.1, 0.15) is 18.1 Å². The second-order valence-electron chi connectivity index (χ2n) is 7.57. The number of rotatable bonds is 7. The topological polar surface area (TPSA) is 50.6 Å². The predicted octanol–water partition coefficient (Wildman–Crippen LogP) is 3.63. The molecule has 3 aromatic rings. The standard InChI is InChI=1S/C25H28N4O2/c1-2-31-24-11-8-21(9-12-24)19-27-14-16-28(17-15-27)25(30)13-10-22-18-26-29(20-22)23-6-4-3-5-7-23/h3-13,18,20H,2,14-17,19H2,1H3/b13-10+. The third kappa shape index (κ3) is 5.61. The molecule has 1 saturated heterocycles. The number of carbonyl (C=O) groups is 1. The van der Waals surface area contributed by atoms with E-state index in [2.05, 4.69) is 22.1 Å². The third-order valence-corrected chi connectivity index (χ3v) is 5.37. The number of piperazine rings is 1. The average Bonchev–Trinajstić information content (AvgIpc) is 3.29. The van der Waals surface area contributed by atoms with E-state index in [1.807, 2.05) is 71.2 Å². The summed E-state index contributed by atoms with van der Waals surface area (Å²) in [4.78, 5) is 16.9. The lowest BCUT2D eigenvalue weighted by atomic mass is 10.2. The SMILES string of the molecule is CCOc1ccc(CN2CCN(C(=O)/C=C/c3cnn(-c4ccccc4)c3)CC2)cc1. The minimum Gasteiger partial charge on any atom is -0.494 e. The molecule has 0 saturated carbocycles. The molecule has 2 heterocycles. The highest BCUT2D eigenvalue weighted by Gasteiger charge is 2.19. The highest BCUT2D eigenvalue weighted by molar-refractivity contribution is 5.91. The molecule has 1 aliphatic rings. The maximum absolute atomic E-state index is 12.6. The van der Waals surface area contributed by atoms with Gasteiger partial charge in [-0.3, -0.25) is 9.69 Å². The second-order valence-corrected chi connectivity index (χ2v) is 7.57. The molecule has 1 amide bonds. The van der Waals surface area contributed by atoms with Gasteiger partial charge in [0.15, 0.2) is 0 Å². The Hall–Kier alpha value is -3.38. The molecule has 0 unspecified atom stereocenters. The molecule has 6 nitrogen and oxygen atoms in total. The molecule has 0 spiro atoms. The van der Waals surface area contributed by atoms with E-state index in [1.54, 1.807) is 12.3 Å². The lowest BCUT2D eigenvalue weighted by Crippen LogP contribution is -2.47. The summed E-state index contributed by atoms with van der Waals surface area (Å²) in [6.45, 7) is 6.79. The van der Waals surface area contributed by atoms with E-state index < -0.39 is 0 Å². The summed E-state index contributed by atoms with van der Waals surface area (Å²) in [6, 6.07) is 18.2. The second kappa shape index (κ2) is 10.1. The van der Waals surface area contributed by atoms with Crippen molar-refractivity contribution in [2.24, 2.45) is 0 Å². The molecular weight excluding hydrogens is 388 g/mol. The minimum absolute atomic E-state index is 0.0492. The first-order valence-corrected chi connectivity index (χ1v) is 10.7. The Morgan fingerprint density at radius 1 is 1.03 bits per heavy atom. The highest BCUT2D eigenvalue weighted by Crippen LogP contribution is 2.15. The molecule has 1 aliphatic heterocycles. The van der Waals surface area contributed by atoms with Crippen LogP contribution in [0.4, 0.5) is 0 Å². The van der Waals surface area contributed by atoms with Crippen LogP contribution in [0.2, 0.25) is 0 Å². The van der Waals surface area contributed by atoms with Gasteiger partial charge in [-0.05, 0) is 42.8 Å². The summed E-state index contributed by atoms with van der Waals surface area (Å²) >= 11 is 0. The lowest BCUT2D eigenvalue weighted by molar-refractivity contribution is -0.127. The summed E-state index contributed by atoms with van der Waals surface area (Å²) in [5.74, 6) is 0.955. The zero-order valence-electron chi connectivity index (χ0n) is 17.9. The largest absolute Gasteiger partial charge is 0.494 e. The number of aromatic nitrogens is 2. The van der Waals surface area contributed by atoms with Crippen molar-refractivity contribution in [2.75, 3.05) is 32.8 Å². The Labute approximate surface area is 183 Å². The Morgan fingerprint density at radius 3 is 2.48 bits per heavy atom. The Morgan fingerprint density at radius 2 is 1.77 bits per heavy atom. The van der Waals surface area contributed by atoms with Gasteiger partial charge >= 0.3 is 0 Å².